The van der Waals surface area contributed by atoms with Crippen LogP contribution < -0.4 is 5.32 Å². The molecule has 0 spiro atoms. The fourth-order valence-electron chi connectivity index (χ4n) is 3.10. The average Bonchev–Trinajstić information content (AvgIpc) is 3.48. The van der Waals surface area contributed by atoms with E-state index >= 15 is 0 Å². The lowest BCUT2D eigenvalue weighted by molar-refractivity contribution is -0.135. The lowest BCUT2D eigenvalue weighted by atomic mass is 10.0. The highest BCUT2D eigenvalue weighted by molar-refractivity contribution is 5.85. The molecule has 0 aliphatic heterocycles. The molecule has 2 aliphatic rings. The van der Waals surface area contributed by atoms with Crippen LogP contribution in [0.15, 0.2) is 24.3 Å². The fraction of sp³-hybridized carbons (Fsp3) is 0.619. The Morgan fingerprint density at radius 3 is 2.27 bits per heavy atom. The predicted molar refractivity (Wildman–Crippen MR) is 103 cm³/mol. The first kappa shape index (κ1) is 18.9. The van der Waals surface area contributed by atoms with Crippen molar-refractivity contribution in [3.63, 3.8) is 0 Å². The second-order valence-electron chi connectivity index (χ2n) is 8.12. The van der Waals surface area contributed by atoms with E-state index < -0.39 is 0 Å². The normalized spacial score (nSPS) is 16.8. The summed E-state index contributed by atoms with van der Waals surface area (Å²) in [6.07, 6.45) is 4.44. The SMILES string of the molecule is CC(C)c1ccc(CN(CC(=O)N(C)CC(=O)NC2CC2)C2CC2)cc1. The Morgan fingerprint density at radius 1 is 1.08 bits per heavy atom. The smallest absolute Gasteiger partial charge is 0.239 e. The number of nitrogens with one attached hydrogen (secondary N) is 1. The van der Waals surface area contributed by atoms with Gasteiger partial charge >= 0.3 is 0 Å². The average molecular weight is 357 g/mol. The number of hydrogen-bond acceptors (Lipinski definition) is 3. The van der Waals surface area contributed by atoms with E-state index in [2.05, 4.69) is 48.3 Å². The van der Waals surface area contributed by atoms with Crippen LogP contribution in [-0.4, -0.2) is 53.8 Å². The van der Waals surface area contributed by atoms with Crippen molar-refractivity contribution in [3.8, 4) is 0 Å². The van der Waals surface area contributed by atoms with E-state index in [1.807, 2.05) is 0 Å². The summed E-state index contributed by atoms with van der Waals surface area (Å²) >= 11 is 0. The molecule has 5 heteroatoms. The molecule has 142 valence electrons. The van der Waals surface area contributed by atoms with Crippen molar-refractivity contribution in [2.24, 2.45) is 0 Å². The number of carbonyl (C=O) groups excluding carboxylic acids is 2. The van der Waals surface area contributed by atoms with Crippen LogP contribution in [0, 0.1) is 0 Å². The van der Waals surface area contributed by atoms with Crippen LogP contribution in [0.3, 0.4) is 0 Å². The standard InChI is InChI=1S/C21H31N3O2/c1-15(2)17-6-4-16(5-7-17)12-24(19-10-11-19)14-21(26)23(3)13-20(25)22-18-8-9-18/h4-7,15,18-19H,8-14H2,1-3H3,(H,22,25). The number of likely N-dealkylation sites (N-methyl/N-ethyl adjacent to an activating group) is 1. The zero-order chi connectivity index (χ0) is 18.7. The minimum Gasteiger partial charge on any atom is -0.352 e. The number of benzene rings is 1. The minimum absolute atomic E-state index is 0.0154. The van der Waals surface area contributed by atoms with Crippen LogP contribution >= 0.6 is 0 Å². The quantitative estimate of drug-likeness (QED) is 0.739. The number of hydrogen-bond donors (Lipinski definition) is 1. The van der Waals surface area contributed by atoms with Gasteiger partial charge in [-0.15, -0.1) is 0 Å². The van der Waals surface area contributed by atoms with Gasteiger partial charge in [0.2, 0.25) is 11.8 Å². The molecule has 3 rings (SSSR count). The maximum Gasteiger partial charge on any atom is 0.239 e. The lowest BCUT2D eigenvalue weighted by Crippen LogP contribution is -2.44. The topological polar surface area (TPSA) is 52.7 Å². The molecule has 0 atom stereocenters. The van der Waals surface area contributed by atoms with Gasteiger partial charge in [0.25, 0.3) is 0 Å². The highest BCUT2D eigenvalue weighted by Gasteiger charge is 2.31. The summed E-state index contributed by atoms with van der Waals surface area (Å²) in [5.74, 6) is 0.493. The summed E-state index contributed by atoms with van der Waals surface area (Å²) in [7, 11) is 1.72. The van der Waals surface area contributed by atoms with Gasteiger partial charge in [0.15, 0.2) is 0 Å². The Bertz CT molecular complexity index is 633. The molecule has 1 N–H and O–H groups in total. The summed E-state index contributed by atoms with van der Waals surface area (Å²) in [5.41, 5.74) is 2.58. The van der Waals surface area contributed by atoms with Gasteiger partial charge in [-0.2, -0.15) is 0 Å². The van der Waals surface area contributed by atoms with Crippen molar-refractivity contribution >= 4 is 11.8 Å². The molecule has 26 heavy (non-hydrogen) atoms. The fourth-order valence-corrected chi connectivity index (χ4v) is 3.10. The number of nitrogens with zero attached hydrogens (tertiary/aromatic N) is 2. The van der Waals surface area contributed by atoms with Gasteiger partial charge in [-0.05, 0) is 42.7 Å². The summed E-state index contributed by atoms with van der Waals surface area (Å²) in [6.45, 7) is 5.70. The molecule has 2 saturated carbocycles. The van der Waals surface area contributed by atoms with Gasteiger partial charge in [-0.25, -0.2) is 0 Å². The second-order valence-corrected chi connectivity index (χ2v) is 8.12. The van der Waals surface area contributed by atoms with E-state index in [9.17, 15) is 9.59 Å². The Balaban J connectivity index is 1.52. The van der Waals surface area contributed by atoms with E-state index in [1.54, 1.807) is 11.9 Å². The molecule has 0 heterocycles. The van der Waals surface area contributed by atoms with E-state index in [0.29, 0.717) is 24.5 Å². The van der Waals surface area contributed by atoms with Crippen molar-refractivity contribution in [3.05, 3.63) is 35.4 Å². The van der Waals surface area contributed by atoms with Crippen molar-refractivity contribution in [1.82, 2.24) is 15.1 Å². The van der Waals surface area contributed by atoms with Crippen LogP contribution in [0.4, 0.5) is 0 Å². The minimum atomic E-state index is -0.0504. The molecule has 2 fully saturated rings. The van der Waals surface area contributed by atoms with E-state index in [1.165, 1.54) is 11.1 Å². The van der Waals surface area contributed by atoms with Crippen molar-refractivity contribution < 1.29 is 9.59 Å². The summed E-state index contributed by atoms with van der Waals surface area (Å²) in [4.78, 5) is 28.3. The maximum absolute atomic E-state index is 12.6. The number of amides is 2. The number of carbonyl (C=O) groups is 2. The van der Waals surface area contributed by atoms with Gasteiger partial charge in [-0.1, -0.05) is 38.1 Å². The highest BCUT2D eigenvalue weighted by Crippen LogP contribution is 2.28. The largest absolute Gasteiger partial charge is 0.352 e. The molecule has 0 radical (unpaired) electrons. The molecule has 1 aromatic rings. The van der Waals surface area contributed by atoms with E-state index in [4.69, 9.17) is 0 Å². The van der Waals surface area contributed by atoms with Gasteiger partial charge in [0.1, 0.15) is 0 Å². The van der Waals surface area contributed by atoms with Crippen LogP contribution in [-0.2, 0) is 16.1 Å². The molecule has 2 amide bonds. The molecular weight excluding hydrogens is 326 g/mol. The summed E-state index contributed by atoms with van der Waals surface area (Å²) in [6, 6.07) is 9.53. The highest BCUT2D eigenvalue weighted by atomic mass is 16.2. The van der Waals surface area contributed by atoms with Gasteiger partial charge in [0.05, 0.1) is 13.1 Å². The van der Waals surface area contributed by atoms with Crippen LogP contribution in [0.1, 0.15) is 56.6 Å². The van der Waals surface area contributed by atoms with E-state index in [0.717, 1.165) is 32.2 Å². The molecule has 1 aromatic carbocycles. The van der Waals surface area contributed by atoms with Crippen LogP contribution in [0.5, 0.6) is 0 Å². The first-order chi connectivity index (χ1) is 12.4. The Hall–Kier alpha value is -1.88. The molecule has 0 aromatic heterocycles. The van der Waals surface area contributed by atoms with Crippen LogP contribution in [0.2, 0.25) is 0 Å². The van der Waals surface area contributed by atoms with Crippen molar-refractivity contribution in [2.45, 2.75) is 64.1 Å². The Kier molecular flexibility index (Phi) is 5.97. The third-order valence-electron chi connectivity index (χ3n) is 5.18. The lowest BCUT2D eigenvalue weighted by Gasteiger charge is -2.25. The van der Waals surface area contributed by atoms with Gasteiger partial charge in [0, 0.05) is 25.7 Å². The summed E-state index contributed by atoms with van der Waals surface area (Å²) < 4.78 is 0. The number of rotatable bonds is 9. The predicted octanol–water partition coefficient (Wildman–Crippen LogP) is 2.51. The Labute approximate surface area is 156 Å². The molecule has 0 bridgehead atoms. The second kappa shape index (κ2) is 8.21. The van der Waals surface area contributed by atoms with Crippen LogP contribution in [0.25, 0.3) is 0 Å². The Morgan fingerprint density at radius 2 is 1.73 bits per heavy atom. The molecule has 0 saturated heterocycles. The maximum atomic E-state index is 12.6. The van der Waals surface area contributed by atoms with E-state index in [-0.39, 0.29) is 18.4 Å². The molecule has 5 nitrogen and oxygen atoms in total. The zero-order valence-corrected chi connectivity index (χ0v) is 16.2. The first-order valence-electron chi connectivity index (χ1n) is 9.78. The molecular formula is C21H31N3O2. The van der Waals surface area contributed by atoms with Gasteiger partial charge in [-0.3, -0.25) is 14.5 Å². The first-order valence-corrected chi connectivity index (χ1v) is 9.78. The van der Waals surface area contributed by atoms with Crippen molar-refractivity contribution in [2.75, 3.05) is 20.1 Å². The third-order valence-corrected chi connectivity index (χ3v) is 5.18. The zero-order valence-electron chi connectivity index (χ0n) is 16.2. The molecule has 0 unspecified atom stereocenters. The molecule has 2 aliphatic carbocycles. The van der Waals surface area contributed by atoms with Gasteiger partial charge < -0.3 is 10.2 Å². The summed E-state index contributed by atoms with van der Waals surface area (Å²) in [5, 5.41) is 2.94. The monoisotopic (exact) mass is 357 g/mol. The third kappa shape index (κ3) is 5.56. The van der Waals surface area contributed by atoms with Crippen molar-refractivity contribution in [1.29, 1.82) is 0 Å².